The molecular weight excluding hydrogens is 212 g/mol. The number of pyridine rings is 1. The van der Waals surface area contributed by atoms with Crippen molar-refractivity contribution in [2.75, 3.05) is 6.54 Å². The van der Waals surface area contributed by atoms with E-state index in [-0.39, 0.29) is 12.1 Å². The lowest BCUT2D eigenvalue weighted by Gasteiger charge is -2.27. The monoisotopic (exact) mass is 234 g/mol. The van der Waals surface area contributed by atoms with Crippen molar-refractivity contribution in [3.05, 3.63) is 29.6 Å². The number of aryl methyl sites for hydroxylation is 1. The van der Waals surface area contributed by atoms with E-state index in [0.717, 1.165) is 25.1 Å². The van der Waals surface area contributed by atoms with Crippen LogP contribution in [0.5, 0.6) is 0 Å². The van der Waals surface area contributed by atoms with Gasteiger partial charge in [0.05, 0.1) is 6.10 Å². The number of piperidine rings is 1. The summed E-state index contributed by atoms with van der Waals surface area (Å²) in [6, 6.07) is 4.38. The smallest absolute Gasteiger partial charge is 0.0748 e. The fourth-order valence-corrected chi connectivity index (χ4v) is 2.35. The fourth-order valence-electron chi connectivity index (χ4n) is 2.35. The van der Waals surface area contributed by atoms with E-state index in [1.807, 2.05) is 12.3 Å². The van der Waals surface area contributed by atoms with Crippen molar-refractivity contribution < 1.29 is 5.11 Å². The van der Waals surface area contributed by atoms with Crippen LogP contribution in [0.25, 0.3) is 0 Å². The molecule has 0 spiro atoms. The van der Waals surface area contributed by atoms with Gasteiger partial charge in [0.15, 0.2) is 0 Å². The van der Waals surface area contributed by atoms with Gasteiger partial charge in [0.2, 0.25) is 0 Å². The predicted molar refractivity (Wildman–Crippen MR) is 69.0 cm³/mol. The van der Waals surface area contributed by atoms with Gasteiger partial charge in [-0.1, -0.05) is 19.4 Å². The Morgan fingerprint density at radius 1 is 1.47 bits per heavy atom. The highest BCUT2D eigenvalue weighted by molar-refractivity contribution is 5.14. The van der Waals surface area contributed by atoms with Crippen molar-refractivity contribution in [3.8, 4) is 0 Å². The summed E-state index contributed by atoms with van der Waals surface area (Å²) in [4.78, 5) is 4.40. The zero-order chi connectivity index (χ0) is 12.1. The Bertz CT molecular complexity index is 331. The minimum absolute atomic E-state index is 0.247. The van der Waals surface area contributed by atoms with Gasteiger partial charge in [-0.25, -0.2) is 0 Å². The minimum atomic E-state index is -0.310. The number of nitrogens with zero attached hydrogens (tertiary/aromatic N) is 1. The highest BCUT2D eigenvalue weighted by atomic mass is 16.3. The molecule has 1 aromatic heterocycles. The third-order valence-corrected chi connectivity index (χ3v) is 3.53. The molecule has 2 rings (SSSR count). The number of aliphatic hydroxyl groups is 1. The Morgan fingerprint density at radius 2 is 2.35 bits per heavy atom. The first-order valence-electron chi connectivity index (χ1n) is 6.65. The summed E-state index contributed by atoms with van der Waals surface area (Å²) in [5.41, 5.74) is 2.24. The molecule has 94 valence electrons. The van der Waals surface area contributed by atoms with E-state index in [2.05, 4.69) is 23.3 Å². The molecule has 0 saturated carbocycles. The van der Waals surface area contributed by atoms with Crippen molar-refractivity contribution in [1.29, 1.82) is 0 Å². The van der Waals surface area contributed by atoms with Crippen molar-refractivity contribution in [2.45, 2.75) is 51.2 Å². The van der Waals surface area contributed by atoms with E-state index in [0.29, 0.717) is 6.42 Å². The van der Waals surface area contributed by atoms with Gasteiger partial charge in [-0.3, -0.25) is 4.98 Å². The average molecular weight is 234 g/mol. The number of aromatic nitrogens is 1. The maximum atomic E-state index is 10.2. The topological polar surface area (TPSA) is 45.1 Å². The zero-order valence-corrected chi connectivity index (χ0v) is 10.5. The number of hydrogen-bond donors (Lipinski definition) is 2. The second kappa shape index (κ2) is 6.12. The normalized spacial score (nSPS) is 22.4. The van der Waals surface area contributed by atoms with E-state index < -0.39 is 0 Å². The Balaban J connectivity index is 1.89. The molecule has 2 N–H and O–H groups in total. The van der Waals surface area contributed by atoms with Crippen LogP contribution >= 0.6 is 0 Å². The number of nitrogens with one attached hydrogen (secondary N) is 1. The molecule has 1 fully saturated rings. The summed E-state index contributed by atoms with van der Waals surface area (Å²) in [6.45, 7) is 3.15. The first kappa shape index (κ1) is 12.5. The first-order valence-corrected chi connectivity index (χ1v) is 6.65. The van der Waals surface area contributed by atoms with Crippen LogP contribution in [0.4, 0.5) is 0 Å². The Morgan fingerprint density at radius 3 is 2.94 bits per heavy atom. The summed E-state index contributed by atoms with van der Waals surface area (Å²) in [6.07, 6.45) is 6.80. The summed E-state index contributed by atoms with van der Waals surface area (Å²) in [5, 5.41) is 13.5. The van der Waals surface area contributed by atoms with Crippen molar-refractivity contribution in [3.63, 3.8) is 0 Å². The van der Waals surface area contributed by atoms with E-state index in [9.17, 15) is 5.11 Å². The van der Waals surface area contributed by atoms with Gasteiger partial charge >= 0.3 is 0 Å². The Hall–Kier alpha value is -0.930. The number of aliphatic hydroxyl groups excluding tert-OH is 1. The molecule has 0 radical (unpaired) electrons. The third kappa shape index (κ3) is 3.51. The second-order valence-electron chi connectivity index (χ2n) is 4.84. The average Bonchev–Trinajstić information content (AvgIpc) is 2.40. The highest BCUT2D eigenvalue weighted by Gasteiger charge is 2.21. The van der Waals surface area contributed by atoms with E-state index >= 15 is 0 Å². The first-order chi connectivity index (χ1) is 8.29. The highest BCUT2D eigenvalue weighted by Crippen LogP contribution is 2.13. The van der Waals surface area contributed by atoms with Crippen molar-refractivity contribution >= 4 is 0 Å². The van der Waals surface area contributed by atoms with Crippen LogP contribution in [0.2, 0.25) is 0 Å². The molecule has 2 heterocycles. The maximum Gasteiger partial charge on any atom is 0.0748 e. The van der Waals surface area contributed by atoms with Crippen LogP contribution < -0.4 is 5.32 Å². The van der Waals surface area contributed by atoms with Crippen molar-refractivity contribution in [2.24, 2.45) is 0 Å². The molecule has 17 heavy (non-hydrogen) atoms. The molecule has 0 aliphatic carbocycles. The maximum absolute atomic E-state index is 10.2. The van der Waals surface area contributed by atoms with Crippen LogP contribution in [0.15, 0.2) is 18.3 Å². The Kier molecular flexibility index (Phi) is 4.51. The number of rotatable bonds is 4. The zero-order valence-electron chi connectivity index (χ0n) is 10.5. The van der Waals surface area contributed by atoms with Gasteiger partial charge in [-0.2, -0.15) is 0 Å². The molecule has 1 aromatic rings. The van der Waals surface area contributed by atoms with Gasteiger partial charge in [0.25, 0.3) is 0 Å². The summed E-state index contributed by atoms with van der Waals surface area (Å²) in [5.74, 6) is 0. The van der Waals surface area contributed by atoms with Gasteiger partial charge in [0, 0.05) is 24.4 Å². The van der Waals surface area contributed by atoms with E-state index in [4.69, 9.17) is 0 Å². The van der Waals surface area contributed by atoms with Gasteiger partial charge < -0.3 is 10.4 Å². The predicted octanol–water partition coefficient (Wildman–Crippen LogP) is 1.69. The van der Waals surface area contributed by atoms with Gasteiger partial charge in [0.1, 0.15) is 0 Å². The van der Waals surface area contributed by atoms with Crippen LogP contribution in [0, 0.1) is 0 Å². The van der Waals surface area contributed by atoms with E-state index in [1.54, 1.807) is 0 Å². The van der Waals surface area contributed by atoms with Crippen molar-refractivity contribution in [1.82, 2.24) is 10.3 Å². The van der Waals surface area contributed by atoms with Crippen LogP contribution in [-0.4, -0.2) is 28.8 Å². The number of hydrogen-bond acceptors (Lipinski definition) is 3. The SMILES string of the molecule is CCc1ccc(CC(O)C2CCCCN2)nc1. The molecule has 0 amide bonds. The fraction of sp³-hybridized carbons (Fsp3) is 0.643. The van der Waals surface area contributed by atoms with Crippen LogP contribution in [0.1, 0.15) is 37.4 Å². The van der Waals surface area contributed by atoms with E-state index in [1.165, 1.54) is 18.4 Å². The lowest BCUT2D eigenvalue weighted by atomic mass is 9.97. The van der Waals surface area contributed by atoms with Gasteiger partial charge in [-0.15, -0.1) is 0 Å². The van der Waals surface area contributed by atoms with Crippen LogP contribution in [0.3, 0.4) is 0 Å². The second-order valence-corrected chi connectivity index (χ2v) is 4.84. The Labute approximate surface area is 103 Å². The van der Waals surface area contributed by atoms with Crippen LogP contribution in [-0.2, 0) is 12.8 Å². The molecular formula is C14H22N2O. The lowest BCUT2D eigenvalue weighted by molar-refractivity contribution is 0.112. The largest absolute Gasteiger partial charge is 0.391 e. The lowest BCUT2D eigenvalue weighted by Crippen LogP contribution is -2.44. The van der Waals surface area contributed by atoms with Gasteiger partial charge in [-0.05, 0) is 37.4 Å². The molecule has 0 aromatic carbocycles. The molecule has 1 aliphatic rings. The molecule has 1 aliphatic heterocycles. The molecule has 2 atom stereocenters. The molecule has 3 heteroatoms. The summed E-state index contributed by atoms with van der Waals surface area (Å²) >= 11 is 0. The summed E-state index contributed by atoms with van der Waals surface area (Å²) < 4.78 is 0. The molecule has 1 saturated heterocycles. The minimum Gasteiger partial charge on any atom is -0.391 e. The standard InChI is InChI=1S/C14H22N2O/c1-2-11-6-7-12(16-10-11)9-14(17)13-5-3-4-8-15-13/h6-7,10,13-15,17H,2-5,8-9H2,1H3. The molecule has 0 bridgehead atoms. The molecule has 2 unspecified atom stereocenters. The molecule has 3 nitrogen and oxygen atoms in total. The summed E-state index contributed by atoms with van der Waals surface area (Å²) in [7, 11) is 0. The quantitative estimate of drug-likeness (QED) is 0.833. The third-order valence-electron chi connectivity index (χ3n) is 3.53.